The van der Waals surface area contributed by atoms with E-state index in [2.05, 4.69) is 5.10 Å². The third-order valence-corrected chi connectivity index (χ3v) is 4.86. The van der Waals surface area contributed by atoms with E-state index in [1.54, 1.807) is 22.6 Å². The molecule has 1 aromatic carbocycles. The summed E-state index contributed by atoms with van der Waals surface area (Å²) >= 11 is 6.43. The SMILES string of the molecule is Cc1nn(-c2ccccc2)c(Cl)c1/C=C/C(=O)O[C@@H](C)C(=O)N1CCCC1. The molecule has 1 fully saturated rings. The number of aromatic nitrogens is 2. The van der Waals surface area contributed by atoms with Gasteiger partial charge in [-0.15, -0.1) is 0 Å². The van der Waals surface area contributed by atoms with Crippen molar-refractivity contribution < 1.29 is 14.3 Å². The van der Waals surface area contributed by atoms with E-state index in [0.29, 0.717) is 16.4 Å². The first-order chi connectivity index (χ1) is 13.0. The van der Waals surface area contributed by atoms with Crippen molar-refractivity contribution in [2.75, 3.05) is 13.1 Å². The van der Waals surface area contributed by atoms with Crippen molar-refractivity contribution in [3.63, 3.8) is 0 Å². The molecule has 142 valence electrons. The number of rotatable bonds is 5. The van der Waals surface area contributed by atoms with E-state index in [4.69, 9.17) is 16.3 Å². The van der Waals surface area contributed by atoms with Gasteiger partial charge >= 0.3 is 5.97 Å². The number of esters is 1. The smallest absolute Gasteiger partial charge is 0.331 e. The first kappa shape index (κ1) is 19.2. The highest BCUT2D eigenvalue weighted by Gasteiger charge is 2.25. The molecule has 0 radical (unpaired) electrons. The Kier molecular flexibility index (Phi) is 5.96. The molecule has 1 saturated heterocycles. The monoisotopic (exact) mass is 387 g/mol. The average Bonchev–Trinajstić information content (AvgIpc) is 3.29. The van der Waals surface area contributed by atoms with Crippen LogP contribution in [0.4, 0.5) is 0 Å². The van der Waals surface area contributed by atoms with Crippen molar-refractivity contribution in [2.24, 2.45) is 0 Å². The van der Waals surface area contributed by atoms with Crippen LogP contribution in [0.5, 0.6) is 0 Å². The molecule has 2 heterocycles. The van der Waals surface area contributed by atoms with E-state index in [0.717, 1.165) is 31.6 Å². The second kappa shape index (κ2) is 8.39. The summed E-state index contributed by atoms with van der Waals surface area (Å²) in [7, 11) is 0. The first-order valence-corrected chi connectivity index (χ1v) is 9.33. The molecule has 6 nitrogen and oxygen atoms in total. The van der Waals surface area contributed by atoms with Gasteiger partial charge in [0.2, 0.25) is 0 Å². The van der Waals surface area contributed by atoms with Crippen LogP contribution in [-0.4, -0.2) is 45.8 Å². The normalized spacial score (nSPS) is 15.3. The van der Waals surface area contributed by atoms with Gasteiger partial charge in [-0.2, -0.15) is 5.10 Å². The van der Waals surface area contributed by atoms with Gasteiger partial charge in [0, 0.05) is 24.7 Å². The summed E-state index contributed by atoms with van der Waals surface area (Å²) in [5.74, 6) is -0.738. The van der Waals surface area contributed by atoms with Gasteiger partial charge in [0.1, 0.15) is 5.15 Å². The lowest BCUT2D eigenvalue weighted by molar-refractivity contribution is -0.154. The highest BCUT2D eigenvalue weighted by atomic mass is 35.5. The zero-order valence-electron chi connectivity index (χ0n) is 15.4. The maximum absolute atomic E-state index is 12.2. The minimum Gasteiger partial charge on any atom is -0.449 e. The molecule has 27 heavy (non-hydrogen) atoms. The summed E-state index contributed by atoms with van der Waals surface area (Å²) in [6.45, 7) is 4.86. The summed E-state index contributed by atoms with van der Waals surface area (Å²) in [4.78, 5) is 26.0. The Morgan fingerprint density at radius 1 is 1.22 bits per heavy atom. The number of aryl methyl sites for hydroxylation is 1. The summed E-state index contributed by atoms with van der Waals surface area (Å²) in [5, 5.41) is 4.83. The Morgan fingerprint density at radius 3 is 2.56 bits per heavy atom. The Balaban J connectivity index is 1.68. The van der Waals surface area contributed by atoms with Crippen LogP contribution >= 0.6 is 11.6 Å². The fourth-order valence-corrected chi connectivity index (χ4v) is 3.39. The van der Waals surface area contributed by atoms with Crippen LogP contribution in [0.2, 0.25) is 5.15 Å². The zero-order chi connectivity index (χ0) is 19.4. The van der Waals surface area contributed by atoms with Crippen LogP contribution in [0.1, 0.15) is 31.0 Å². The maximum atomic E-state index is 12.2. The molecular formula is C20H22ClN3O3. The van der Waals surface area contributed by atoms with Gasteiger partial charge in [-0.05, 0) is 44.9 Å². The van der Waals surface area contributed by atoms with Gasteiger partial charge in [-0.3, -0.25) is 4.79 Å². The summed E-state index contributed by atoms with van der Waals surface area (Å²) < 4.78 is 6.84. The Morgan fingerprint density at radius 2 is 1.89 bits per heavy atom. The van der Waals surface area contributed by atoms with E-state index in [1.165, 1.54) is 6.08 Å². The molecule has 1 atom stereocenters. The number of carbonyl (C=O) groups is 2. The molecule has 7 heteroatoms. The predicted molar refractivity (Wildman–Crippen MR) is 104 cm³/mol. The van der Waals surface area contributed by atoms with Gasteiger partial charge in [0.25, 0.3) is 5.91 Å². The molecule has 1 amide bonds. The van der Waals surface area contributed by atoms with E-state index in [9.17, 15) is 9.59 Å². The van der Waals surface area contributed by atoms with Crippen LogP contribution in [0.3, 0.4) is 0 Å². The molecule has 1 aliphatic rings. The lowest BCUT2D eigenvalue weighted by atomic mass is 10.2. The van der Waals surface area contributed by atoms with Crippen molar-refractivity contribution in [3.05, 3.63) is 52.8 Å². The molecule has 0 bridgehead atoms. The van der Waals surface area contributed by atoms with Crippen LogP contribution < -0.4 is 0 Å². The van der Waals surface area contributed by atoms with Gasteiger partial charge in [0.05, 0.1) is 11.4 Å². The lowest BCUT2D eigenvalue weighted by Gasteiger charge is -2.19. The molecule has 0 aliphatic carbocycles. The van der Waals surface area contributed by atoms with Crippen molar-refractivity contribution in [1.29, 1.82) is 0 Å². The number of hydrogen-bond donors (Lipinski definition) is 0. The second-order valence-corrected chi connectivity index (χ2v) is 6.84. The number of para-hydroxylation sites is 1. The third-order valence-electron chi connectivity index (χ3n) is 4.49. The van der Waals surface area contributed by atoms with Gasteiger partial charge in [-0.1, -0.05) is 29.8 Å². The first-order valence-electron chi connectivity index (χ1n) is 8.95. The molecule has 0 spiro atoms. The lowest BCUT2D eigenvalue weighted by Crippen LogP contribution is -2.37. The molecule has 3 rings (SSSR count). The minimum absolute atomic E-state index is 0.152. The molecule has 1 aliphatic heterocycles. The topological polar surface area (TPSA) is 64.4 Å². The predicted octanol–water partition coefficient (Wildman–Crippen LogP) is 3.40. The minimum atomic E-state index is -0.802. The fourth-order valence-electron chi connectivity index (χ4n) is 3.05. The van der Waals surface area contributed by atoms with Gasteiger partial charge in [-0.25, -0.2) is 9.48 Å². The molecule has 1 aromatic heterocycles. The number of hydrogen-bond acceptors (Lipinski definition) is 4. The van der Waals surface area contributed by atoms with Crippen molar-refractivity contribution in [2.45, 2.75) is 32.8 Å². The average molecular weight is 388 g/mol. The zero-order valence-corrected chi connectivity index (χ0v) is 16.1. The molecular weight excluding hydrogens is 366 g/mol. The Labute approximate surface area is 163 Å². The number of carbonyl (C=O) groups excluding carboxylic acids is 2. The number of nitrogens with zero attached hydrogens (tertiary/aromatic N) is 3. The number of benzene rings is 1. The second-order valence-electron chi connectivity index (χ2n) is 6.48. The third kappa shape index (κ3) is 4.39. The summed E-state index contributed by atoms with van der Waals surface area (Å²) in [6.07, 6.45) is 4.03. The maximum Gasteiger partial charge on any atom is 0.331 e. The quantitative estimate of drug-likeness (QED) is 0.582. The van der Waals surface area contributed by atoms with E-state index >= 15 is 0 Å². The van der Waals surface area contributed by atoms with E-state index < -0.39 is 12.1 Å². The van der Waals surface area contributed by atoms with Crippen LogP contribution in [-0.2, 0) is 14.3 Å². The number of amides is 1. The largest absolute Gasteiger partial charge is 0.449 e. The van der Waals surface area contributed by atoms with Gasteiger partial charge in [0.15, 0.2) is 6.10 Å². The highest BCUT2D eigenvalue weighted by Crippen LogP contribution is 2.24. The fraction of sp³-hybridized carbons (Fsp3) is 0.350. The van der Waals surface area contributed by atoms with Crippen LogP contribution in [0.25, 0.3) is 11.8 Å². The molecule has 2 aromatic rings. The highest BCUT2D eigenvalue weighted by molar-refractivity contribution is 6.31. The Bertz CT molecular complexity index is 855. The van der Waals surface area contributed by atoms with Crippen molar-refractivity contribution >= 4 is 29.6 Å². The molecule has 0 saturated carbocycles. The van der Waals surface area contributed by atoms with E-state index in [1.807, 2.05) is 37.3 Å². The summed E-state index contributed by atoms with van der Waals surface area (Å²) in [6, 6.07) is 9.50. The molecule has 0 unspecified atom stereocenters. The number of ether oxygens (including phenoxy) is 1. The van der Waals surface area contributed by atoms with Gasteiger partial charge < -0.3 is 9.64 Å². The van der Waals surface area contributed by atoms with E-state index in [-0.39, 0.29) is 5.91 Å². The Hall–Kier alpha value is -2.60. The number of halogens is 1. The van der Waals surface area contributed by atoms with Crippen LogP contribution in [0, 0.1) is 6.92 Å². The standard InChI is InChI=1S/C20H22ClN3O3/c1-14-17(19(21)24(22-14)16-8-4-3-5-9-16)10-11-18(25)27-15(2)20(26)23-12-6-7-13-23/h3-5,8-11,15H,6-7,12-13H2,1-2H3/b11-10+/t15-/m0/s1. The number of likely N-dealkylation sites (tertiary alicyclic amines) is 1. The molecule has 0 N–H and O–H groups in total. The van der Waals surface area contributed by atoms with Crippen LogP contribution in [0.15, 0.2) is 36.4 Å². The summed E-state index contributed by atoms with van der Waals surface area (Å²) in [5.41, 5.74) is 2.16. The van der Waals surface area contributed by atoms with Crippen molar-refractivity contribution in [3.8, 4) is 5.69 Å². The van der Waals surface area contributed by atoms with Crippen molar-refractivity contribution in [1.82, 2.24) is 14.7 Å².